The number of thioether (sulfide) groups is 1. The maximum absolute atomic E-state index is 11.8. The lowest BCUT2D eigenvalue weighted by Crippen LogP contribution is -2.14. The number of hydrogen-bond acceptors (Lipinski definition) is 5. The molecule has 2 rings (SSSR count). The zero-order chi connectivity index (χ0) is 14.4. The van der Waals surface area contributed by atoms with Crippen LogP contribution in [0.25, 0.3) is 0 Å². The summed E-state index contributed by atoms with van der Waals surface area (Å²) in [6, 6.07) is 10.6. The molecule has 0 saturated heterocycles. The van der Waals surface area contributed by atoms with Gasteiger partial charge in [-0.3, -0.25) is 4.79 Å². The van der Waals surface area contributed by atoms with Gasteiger partial charge >= 0.3 is 5.97 Å². The lowest BCUT2D eigenvalue weighted by atomic mass is 10.2. The van der Waals surface area contributed by atoms with Crippen LogP contribution < -0.4 is 5.32 Å². The first-order chi connectivity index (χ1) is 9.69. The molecule has 2 aromatic rings. The van der Waals surface area contributed by atoms with Crippen molar-refractivity contribution in [1.29, 1.82) is 0 Å². The number of benzene rings is 1. The summed E-state index contributed by atoms with van der Waals surface area (Å²) in [5, 5.41) is 4.73. The SMILES string of the molecule is COC(=O)c1cccc(NC(=O)CSc2cccs2)c1. The number of thiophene rings is 1. The number of nitrogens with one attached hydrogen (secondary N) is 1. The zero-order valence-electron chi connectivity index (χ0n) is 10.8. The number of carbonyl (C=O) groups excluding carboxylic acids is 2. The number of rotatable bonds is 5. The van der Waals surface area contributed by atoms with Crippen LogP contribution in [-0.4, -0.2) is 24.7 Å². The average Bonchev–Trinajstić information content (AvgIpc) is 2.98. The van der Waals surface area contributed by atoms with Crippen LogP contribution in [0.4, 0.5) is 5.69 Å². The summed E-state index contributed by atoms with van der Waals surface area (Å²) in [6.07, 6.45) is 0. The Morgan fingerprint density at radius 1 is 1.30 bits per heavy atom. The van der Waals surface area contributed by atoms with Crippen molar-refractivity contribution in [3.8, 4) is 0 Å². The molecule has 0 atom stereocenters. The molecule has 0 bridgehead atoms. The molecule has 1 aromatic heterocycles. The van der Waals surface area contributed by atoms with E-state index in [1.54, 1.807) is 35.6 Å². The summed E-state index contributed by atoms with van der Waals surface area (Å²) >= 11 is 3.09. The Bertz CT molecular complexity index is 596. The van der Waals surface area contributed by atoms with Gasteiger partial charge in [-0.25, -0.2) is 4.79 Å². The smallest absolute Gasteiger partial charge is 0.337 e. The Balaban J connectivity index is 1.92. The fraction of sp³-hybridized carbons (Fsp3) is 0.143. The van der Waals surface area contributed by atoms with Crippen molar-refractivity contribution >= 4 is 40.7 Å². The Hall–Kier alpha value is -1.79. The van der Waals surface area contributed by atoms with Gasteiger partial charge in [0.05, 0.1) is 22.6 Å². The monoisotopic (exact) mass is 307 g/mol. The second-order valence-electron chi connectivity index (χ2n) is 3.84. The molecule has 0 spiro atoms. The number of carbonyl (C=O) groups is 2. The highest BCUT2D eigenvalue weighted by Gasteiger charge is 2.08. The molecular formula is C14H13NO3S2. The van der Waals surface area contributed by atoms with Crippen LogP contribution in [-0.2, 0) is 9.53 Å². The average molecular weight is 307 g/mol. The van der Waals surface area contributed by atoms with Gasteiger partial charge in [0.1, 0.15) is 0 Å². The van der Waals surface area contributed by atoms with E-state index < -0.39 is 5.97 Å². The first kappa shape index (κ1) is 14.6. The predicted octanol–water partition coefficient (Wildman–Crippen LogP) is 3.27. The highest BCUT2D eigenvalue weighted by molar-refractivity contribution is 8.01. The highest BCUT2D eigenvalue weighted by atomic mass is 32.2. The van der Waals surface area contributed by atoms with Gasteiger partial charge in [-0.2, -0.15) is 0 Å². The van der Waals surface area contributed by atoms with Crippen LogP contribution in [0.5, 0.6) is 0 Å². The Labute approximate surface area is 125 Å². The van der Waals surface area contributed by atoms with Crippen LogP contribution in [0, 0.1) is 0 Å². The van der Waals surface area contributed by atoms with Crippen LogP contribution in [0.2, 0.25) is 0 Å². The molecule has 0 radical (unpaired) electrons. The van der Waals surface area contributed by atoms with Gasteiger partial charge in [-0.1, -0.05) is 12.1 Å². The van der Waals surface area contributed by atoms with Gasteiger partial charge in [0.25, 0.3) is 0 Å². The number of esters is 1. The predicted molar refractivity (Wildman–Crippen MR) is 81.5 cm³/mol. The van der Waals surface area contributed by atoms with Crippen molar-refractivity contribution in [3.63, 3.8) is 0 Å². The van der Waals surface area contributed by atoms with Crippen LogP contribution in [0.15, 0.2) is 46.0 Å². The molecule has 1 N–H and O–H groups in total. The third-order valence-corrected chi connectivity index (χ3v) is 4.54. The first-order valence-electron chi connectivity index (χ1n) is 5.83. The second kappa shape index (κ2) is 7.12. The molecule has 20 heavy (non-hydrogen) atoms. The fourth-order valence-electron chi connectivity index (χ4n) is 1.52. The highest BCUT2D eigenvalue weighted by Crippen LogP contribution is 2.23. The van der Waals surface area contributed by atoms with Gasteiger partial charge in [0, 0.05) is 5.69 Å². The van der Waals surface area contributed by atoms with E-state index >= 15 is 0 Å². The van der Waals surface area contributed by atoms with E-state index in [9.17, 15) is 9.59 Å². The number of amides is 1. The fourth-order valence-corrected chi connectivity index (χ4v) is 3.11. The van der Waals surface area contributed by atoms with Gasteiger partial charge in [-0.05, 0) is 29.6 Å². The summed E-state index contributed by atoms with van der Waals surface area (Å²) in [5.74, 6) is -0.192. The summed E-state index contributed by atoms with van der Waals surface area (Å²) < 4.78 is 5.74. The number of hydrogen-bond donors (Lipinski definition) is 1. The van der Waals surface area contributed by atoms with Crippen molar-refractivity contribution in [2.24, 2.45) is 0 Å². The van der Waals surface area contributed by atoms with Crippen molar-refractivity contribution in [3.05, 3.63) is 47.3 Å². The van der Waals surface area contributed by atoms with E-state index in [2.05, 4.69) is 10.1 Å². The summed E-state index contributed by atoms with van der Waals surface area (Å²) in [5.41, 5.74) is 1.00. The summed E-state index contributed by atoms with van der Waals surface area (Å²) in [7, 11) is 1.32. The molecule has 0 unspecified atom stereocenters. The molecule has 0 aliphatic rings. The maximum Gasteiger partial charge on any atom is 0.337 e. The van der Waals surface area contributed by atoms with Gasteiger partial charge < -0.3 is 10.1 Å². The quantitative estimate of drug-likeness (QED) is 0.680. The van der Waals surface area contributed by atoms with Crippen LogP contribution >= 0.6 is 23.1 Å². The Morgan fingerprint density at radius 2 is 2.15 bits per heavy atom. The van der Waals surface area contributed by atoms with E-state index in [1.165, 1.54) is 18.9 Å². The second-order valence-corrected chi connectivity index (χ2v) is 6.06. The molecule has 6 heteroatoms. The molecule has 0 fully saturated rings. The number of methoxy groups -OCH3 is 1. The number of anilines is 1. The summed E-state index contributed by atoms with van der Waals surface area (Å²) in [6.45, 7) is 0. The molecule has 1 heterocycles. The molecule has 104 valence electrons. The van der Waals surface area contributed by atoms with E-state index in [1.807, 2.05) is 17.5 Å². The third-order valence-electron chi connectivity index (χ3n) is 2.41. The maximum atomic E-state index is 11.8. The largest absolute Gasteiger partial charge is 0.465 e. The molecular weight excluding hydrogens is 294 g/mol. The van der Waals surface area contributed by atoms with E-state index in [-0.39, 0.29) is 5.91 Å². The summed E-state index contributed by atoms with van der Waals surface area (Å²) in [4.78, 5) is 23.2. The normalized spacial score (nSPS) is 10.1. The third kappa shape index (κ3) is 4.11. The van der Waals surface area contributed by atoms with Crippen molar-refractivity contribution in [1.82, 2.24) is 0 Å². The molecule has 4 nitrogen and oxygen atoms in total. The molecule has 1 amide bonds. The standard InChI is InChI=1S/C14H13NO3S2/c1-18-14(17)10-4-2-5-11(8-10)15-12(16)9-20-13-6-3-7-19-13/h2-8H,9H2,1H3,(H,15,16). The van der Waals surface area contributed by atoms with Crippen LogP contribution in [0.3, 0.4) is 0 Å². The Morgan fingerprint density at radius 3 is 2.85 bits per heavy atom. The topological polar surface area (TPSA) is 55.4 Å². The van der Waals surface area contributed by atoms with Crippen molar-refractivity contribution < 1.29 is 14.3 Å². The van der Waals surface area contributed by atoms with E-state index in [0.29, 0.717) is 17.0 Å². The molecule has 0 aliphatic heterocycles. The minimum Gasteiger partial charge on any atom is -0.465 e. The van der Waals surface area contributed by atoms with Crippen molar-refractivity contribution in [2.75, 3.05) is 18.2 Å². The van der Waals surface area contributed by atoms with Crippen molar-refractivity contribution in [2.45, 2.75) is 4.21 Å². The first-order valence-corrected chi connectivity index (χ1v) is 7.70. The zero-order valence-corrected chi connectivity index (χ0v) is 12.4. The Kier molecular flexibility index (Phi) is 5.20. The van der Waals surface area contributed by atoms with Gasteiger partial charge in [0.15, 0.2) is 0 Å². The minimum atomic E-state index is -0.422. The molecule has 1 aromatic carbocycles. The van der Waals surface area contributed by atoms with E-state index in [4.69, 9.17) is 0 Å². The van der Waals surface area contributed by atoms with E-state index in [0.717, 1.165) is 4.21 Å². The lowest BCUT2D eigenvalue weighted by molar-refractivity contribution is -0.113. The molecule has 0 aliphatic carbocycles. The van der Waals surface area contributed by atoms with Gasteiger partial charge in [-0.15, -0.1) is 23.1 Å². The van der Waals surface area contributed by atoms with Crippen LogP contribution in [0.1, 0.15) is 10.4 Å². The van der Waals surface area contributed by atoms with Gasteiger partial charge in [0.2, 0.25) is 5.91 Å². The molecule has 0 saturated carbocycles. The lowest BCUT2D eigenvalue weighted by Gasteiger charge is -2.06. The minimum absolute atomic E-state index is 0.106. The number of ether oxygens (including phenoxy) is 1.